The topological polar surface area (TPSA) is 46.5 Å². The zero-order valence-electron chi connectivity index (χ0n) is 6.62. The normalized spacial score (nSPS) is 14.5. The molecule has 0 aromatic carbocycles. The van der Waals surface area contributed by atoms with Crippen molar-refractivity contribution in [3.8, 4) is 0 Å². The molecular weight excluding hydrogens is 221 g/mol. The van der Waals surface area contributed by atoms with Crippen molar-refractivity contribution >= 4 is 5.97 Å². The van der Waals surface area contributed by atoms with Crippen LogP contribution in [0.4, 0.5) is 0 Å². The maximum atomic E-state index is 10.3. The molecule has 0 saturated carbocycles. The number of aliphatic hydroxyl groups is 1. The van der Waals surface area contributed by atoms with Gasteiger partial charge in [-0.25, -0.2) is 0 Å². The molecule has 1 N–H and O–H groups in total. The molecule has 0 aromatic rings. The van der Waals surface area contributed by atoms with Gasteiger partial charge in [-0.15, -0.1) is 0 Å². The molecule has 1 radical (unpaired) electrons. The van der Waals surface area contributed by atoms with Crippen LogP contribution in [-0.4, -0.2) is 23.3 Å². The van der Waals surface area contributed by atoms with E-state index < -0.39 is 18.2 Å². The maximum absolute atomic E-state index is 10.3. The molecule has 0 rings (SSSR count). The fourth-order valence-electron chi connectivity index (χ4n) is 0.478. The van der Waals surface area contributed by atoms with Crippen LogP contribution in [0.15, 0.2) is 0 Å². The van der Waals surface area contributed by atoms with Crippen LogP contribution in [-0.2, 0) is 42.2 Å². The van der Waals surface area contributed by atoms with E-state index in [1.165, 1.54) is 6.92 Å². The van der Waals surface area contributed by atoms with Crippen LogP contribution in [0.5, 0.6) is 0 Å². The van der Waals surface area contributed by atoms with Gasteiger partial charge >= 0.3 is 0 Å². The van der Waals surface area contributed by atoms with E-state index in [-0.39, 0.29) is 32.7 Å². The Labute approximate surface area is 92.4 Å². The van der Waals surface area contributed by atoms with E-state index >= 15 is 0 Å². The van der Waals surface area contributed by atoms with E-state index in [4.69, 9.17) is 5.11 Å². The van der Waals surface area contributed by atoms with Crippen LogP contribution in [0, 0.1) is 13.8 Å². The number of aliphatic hydroxyl groups excluding tert-OH is 1. The van der Waals surface area contributed by atoms with Gasteiger partial charge in [0, 0.05) is 51.8 Å². The van der Waals surface area contributed by atoms with Gasteiger partial charge in [0.25, 0.3) is 5.97 Å². The first-order valence-electron chi connectivity index (χ1n) is 3.05. The largest absolute Gasteiger partial charge is 0.493 e. The molecule has 0 aliphatic heterocycles. The first-order valence-corrected chi connectivity index (χ1v) is 3.05. The average Bonchev–Trinajstić information content (AvgIpc) is 1.85. The van der Waals surface area contributed by atoms with Crippen molar-refractivity contribution < 1.29 is 47.3 Å². The Kier molecular flexibility index (Phi) is 9.21. The number of hydrogen-bond donors (Lipinski definition) is 1. The summed E-state index contributed by atoms with van der Waals surface area (Å²) in [6.07, 6.45) is -1.17. The summed E-state index contributed by atoms with van der Waals surface area (Å²) in [6, 6.07) is 0. The molecule has 63 valence electrons. The van der Waals surface area contributed by atoms with Crippen molar-refractivity contribution in [2.45, 2.75) is 25.6 Å². The number of hydrogen-bond acceptors (Lipinski definition) is 3. The zero-order valence-corrected chi connectivity index (χ0v) is 9.46. The Morgan fingerprint density at radius 1 is 1.73 bits per heavy atom. The van der Waals surface area contributed by atoms with Crippen LogP contribution in [0.25, 0.3) is 0 Å². The molecule has 0 heterocycles. The molecule has 0 aliphatic carbocycles. The summed E-state index contributed by atoms with van der Waals surface area (Å²) in [5.74, 6) is -0.437. The van der Waals surface area contributed by atoms with Gasteiger partial charge in [-0.2, -0.15) is 6.42 Å². The van der Waals surface area contributed by atoms with Gasteiger partial charge < -0.3 is 23.7 Å². The van der Waals surface area contributed by atoms with Gasteiger partial charge in [0.15, 0.2) is 0 Å². The minimum absolute atomic E-state index is 0. The summed E-state index contributed by atoms with van der Waals surface area (Å²) < 4.78 is 4.56. The van der Waals surface area contributed by atoms with E-state index in [1.54, 1.807) is 0 Å². The third-order valence-electron chi connectivity index (χ3n) is 1.04. The fourth-order valence-corrected chi connectivity index (χ4v) is 0.478. The predicted octanol–water partition coefficient (Wildman–Crippen LogP) is 0.335. The van der Waals surface area contributed by atoms with Crippen molar-refractivity contribution in [2.24, 2.45) is 0 Å². The Bertz CT molecular complexity index is 116. The first kappa shape index (κ1) is 14.1. The van der Waals surface area contributed by atoms with E-state index in [0.717, 1.165) is 0 Å². The second kappa shape index (κ2) is 7.20. The molecule has 0 unspecified atom stereocenters. The molecule has 2 atom stereocenters. The second-order valence-corrected chi connectivity index (χ2v) is 2.00. The smallest absolute Gasteiger partial charge is 0.300 e. The van der Waals surface area contributed by atoms with Crippen LogP contribution in [0.1, 0.15) is 13.3 Å². The Hall–Kier alpha value is 0.534. The molecule has 4 heteroatoms. The van der Waals surface area contributed by atoms with Crippen molar-refractivity contribution in [3.63, 3.8) is 0 Å². The summed E-state index contributed by atoms with van der Waals surface area (Å²) in [5, 5.41) is 8.97. The molecule has 0 fully saturated rings. The third kappa shape index (κ3) is 6.91. The van der Waals surface area contributed by atoms with Gasteiger partial charge in [-0.1, -0.05) is 0 Å². The van der Waals surface area contributed by atoms with Gasteiger partial charge in [0.05, 0.1) is 0 Å². The predicted molar refractivity (Wildman–Crippen MR) is 36.9 cm³/mol. The maximum Gasteiger partial charge on any atom is 0.300 e. The monoisotopic (exact) mass is 233 g/mol. The minimum Gasteiger partial charge on any atom is -0.493 e. The molecule has 11 heavy (non-hydrogen) atoms. The van der Waals surface area contributed by atoms with Crippen molar-refractivity contribution in [1.29, 1.82) is 0 Å². The molecule has 0 aromatic heterocycles. The summed E-state index contributed by atoms with van der Waals surface area (Å²) in [5.41, 5.74) is 0. The summed E-state index contributed by atoms with van der Waals surface area (Å²) >= 11 is 0. The number of carbonyl (C=O) groups excluding carboxylic acids is 1. The Morgan fingerprint density at radius 3 is 2.45 bits per heavy atom. The molecule has 0 saturated heterocycles. The SMILES string of the molecule is [CH2-]C[C@H](O)[C@H]([CH2-])OC(C)=O.[Y]. The molecular formula is C7H12O3Y-2. The summed E-state index contributed by atoms with van der Waals surface area (Å²) in [6.45, 7) is 8.12. The van der Waals surface area contributed by atoms with Gasteiger partial charge in [-0.05, 0) is 0 Å². The summed E-state index contributed by atoms with van der Waals surface area (Å²) in [7, 11) is 0. The number of carbonyl (C=O) groups is 1. The standard InChI is InChI=1S/C7H12O3.Y/c1-4-7(9)5(2)10-6(3)8;/h5,7,9H,1-2,4H2,3H3;/q-2;/t5-,7-;/m0./s1. The van der Waals surface area contributed by atoms with Crippen molar-refractivity contribution in [2.75, 3.05) is 0 Å². The minimum atomic E-state index is -0.760. The Morgan fingerprint density at radius 2 is 2.18 bits per heavy atom. The molecule has 0 spiro atoms. The Balaban J connectivity index is 0. The quantitative estimate of drug-likeness (QED) is 0.564. The zero-order chi connectivity index (χ0) is 8.15. The van der Waals surface area contributed by atoms with Crippen LogP contribution < -0.4 is 0 Å². The van der Waals surface area contributed by atoms with Gasteiger partial charge in [0.1, 0.15) is 0 Å². The van der Waals surface area contributed by atoms with E-state index in [9.17, 15) is 4.79 Å². The van der Waals surface area contributed by atoms with Crippen LogP contribution in [0.3, 0.4) is 0 Å². The van der Waals surface area contributed by atoms with Crippen molar-refractivity contribution in [3.05, 3.63) is 13.8 Å². The van der Waals surface area contributed by atoms with Crippen LogP contribution in [0.2, 0.25) is 0 Å². The van der Waals surface area contributed by atoms with Gasteiger partial charge in [-0.3, -0.25) is 4.79 Å². The number of rotatable bonds is 3. The van der Waals surface area contributed by atoms with E-state index in [2.05, 4.69) is 18.6 Å². The second-order valence-electron chi connectivity index (χ2n) is 2.00. The van der Waals surface area contributed by atoms with Gasteiger partial charge in [0.2, 0.25) is 0 Å². The molecule has 0 amide bonds. The summed E-state index contributed by atoms with van der Waals surface area (Å²) in [4.78, 5) is 10.3. The van der Waals surface area contributed by atoms with E-state index in [1.807, 2.05) is 0 Å². The molecule has 3 nitrogen and oxygen atoms in total. The molecule has 0 bridgehead atoms. The number of esters is 1. The third-order valence-corrected chi connectivity index (χ3v) is 1.04. The average molecular weight is 233 g/mol. The van der Waals surface area contributed by atoms with Crippen LogP contribution >= 0.6 is 0 Å². The first-order chi connectivity index (χ1) is 4.57. The number of ether oxygens (including phenoxy) is 1. The molecule has 0 aliphatic rings. The van der Waals surface area contributed by atoms with E-state index in [0.29, 0.717) is 6.42 Å². The van der Waals surface area contributed by atoms with Crippen molar-refractivity contribution in [1.82, 2.24) is 0 Å². The fraction of sp³-hybridized carbons (Fsp3) is 0.571.